The van der Waals surface area contributed by atoms with Gasteiger partial charge in [0, 0.05) is 31.1 Å². The quantitative estimate of drug-likeness (QED) is 0.560. The smallest absolute Gasteiger partial charge is 0.229 e. The third-order valence-corrected chi connectivity index (χ3v) is 7.17. The maximum atomic E-state index is 5.77. The molecule has 6 fully saturated rings. The van der Waals surface area contributed by atoms with Gasteiger partial charge in [0.1, 0.15) is 23.4 Å². The molecule has 0 N–H and O–H groups in total. The average molecular weight is 328 g/mol. The standard InChI is InChI=1S/C15H20O8/c1-11(2,14-5-3-12(18-19-12)7-9(14)16-22-14)15-6-4-13(20-21-13)8-10(15)17-23-15/h9-10H,3-8H2,1-2H3. The summed E-state index contributed by atoms with van der Waals surface area (Å²) in [6, 6.07) is 0. The molecular weight excluding hydrogens is 308 g/mol. The van der Waals surface area contributed by atoms with E-state index >= 15 is 0 Å². The van der Waals surface area contributed by atoms with E-state index in [1.807, 2.05) is 0 Å². The lowest BCUT2D eigenvalue weighted by molar-refractivity contribution is -0.597. The maximum Gasteiger partial charge on any atom is 0.237 e. The lowest BCUT2D eigenvalue weighted by Crippen LogP contribution is -2.79. The van der Waals surface area contributed by atoms with Gasteiger partial charge in [-0.15, -0.1) is 0 Å². The van der Waals surface area contributed by atoms with Gasteiger partial charge >= 0.3 is 0 Å². The Hall–Kier alpha value is -0.320. The highest BCUT2D eigenvalue weighted by Gasteiger charge is 2.79. The van der Waals surface area contributed by atoms with Crippen LogP contribution in [-0.2, 0) is 39.1 Å². The third kappa shape index (κ3) is 1.47. The van der Waals surface area contributed by atoms with Crippen LogP contribution in [0.3, 0.4) is 0 Å². The second-order valence-corrected chi connectivity index (χ2v) is 8.30. The van der Waals surface area contributed by atoms with Crippen LogP contribution >= 0.6 is 0 Å². The number of hydrogen-bond donors (Lipinski definition) is 0. The molecule has 0 bridgehead atoms. The molecule has 0 radical (unpaired) electrons. The average Bonchev–Trinajstić information content (AvgIpc) is 3.37. The first kappa shape index (κ1) is 13.9. The third-order valence-electron chi connectivity index (χ3n) is 7.17. The van der Waals surface area contributed by atoms with Gasteiger partial charge in [-0.3, -0.25) is 0 Å². The molecule has 2 spiro atoms. The fraction of sp³-hybridized carbons (Fsp3) is 1.00. The minimum absolute atomic E-state index is 0.0581. The highest BCUT2D eigenvalue weighted by Crippen LogP contribution is 2.67. The summed E-state index contributed by atoms with van der Waals surface area (Å²) >= 11 is 0. The maximum absolute atomic E-state index is 5.77. The van der Waals surface area contributed by atoms with Crippen molar-refractivity contribution in [2.24, 2.45) is 5.41 Å². The molecule has 2 saturated carbocycles. The summed E-state index contributed by atoms with van der Waals surface area (Å²) in [6.45, 7) is 4.38. The van der Waals surface area contributed by atoms with Crippen molar-refractivity contribution in [2.45, 2.75) is 87.4 Å². The Kier molecular flexibility index (Phi) is 2.27. The van der Waals surface area contributed by atoms with E-state index in [2.05, 4.69) is 13.8 Å². The zero-order valence-electron chi connectivity index (χ0n) is 13.2. The van der Waals surface area contributed by atoms with Crippen molar-refractivity contribution >= 4 is 0 Å². The van der Waals surface area contributed by atoms with E-state index < -0.39 is 22.8 Å². The zero-order valence-corrected chi connectivity index (χ0v) is 13.2. The second-order valence-electron chi connectivity index (χ2n) is 8.30. The molecule has 4 atom stereocenters. The summed E-state index contributed by atoms with van der Waals surface area (Å²) in [5, 5.41) is 0. The van der Waals surface area contributed by atoms with Crippen LogP contribution in [0.15, 0.2) is 0 Å². The lowest BCUT2D eigenvalue weighted by atomic mass is 9.52. The number of rotatable bonds is 2. The Bertz CT molecular complexity index is 522. The Balaban J connectivity index is 1.32. The molecule has 6 aliphatic rings. The SMILES string of the molecule is CC(C)(C12CCC3(CC1OO2)OO3)C12CCC3(CC1OO2)OO3. The number of hydrogen-bond acceptors (Lipinski definition) is 8. The van der Waals surface area contributed by atoms with Crippen LogP contribution in [0.1, 0.15) is 52.4 Å². The minimum Gasteiger partial charge on any atom is -0.229 e. The van der Waals surface area contributed by atoms with Crippen molar-refractivity contribution in [1.82, 2.24) is 0 Å². The molecule has 4 aliphatic heterocycles. The predicted molar refractivity (Wildman–Crippen MR) is 68.7 cm³/mol. The van der Waals surface area contributed by atoms with Crippen LogP contribution in [0.5, 0.6) is 0 Å². The van der Waals surface area contributed by atoms with Crippen molar-refractivity contribution in [3.63, 3.8) is 0 Å². The molecule has 6 rings (SSSR count). The predicted octanol–water partition coefficient (Wildman–Crippen LogP) is 1.83. The van der Waals surface area contributed by atoms with Crippen molar-refractivity contribution in [3.8, 4) is 0 Å². The zero-order chi connectivity index (χ0) is 15.6. The molecule has 0 aromatic carbocycles. The van der Waals surface area contributed by atoms with E-state index in [0.717, 1.165) is 25.7 Å². The summed E-state index contributed by atoms with van der Waals surface area (Å²) in [6.07, 6.45) is 4.47. The van der Waals surface area contributed by atoms with Gasteiger partial charge in [-0.2, -0.15) is 19.6 Å². The topological polar surface area (TPSA) is 87.0 Å². The fourth-order valence-corrected chi connectivity index (χ4v) is 5.21. The monoisotopic (exact) mass is 328 g/mol. The summed E-state index contributed by atoms with van der Waals surface area (Å²) in [5.74, 6) is -0.900. The van der Waals surface area contributed by atoms with Crippen LogP contribution in [0.25, 0.3) is 0 Å². The van der Waals surface area contributed by atoms with Gasteiger partial charge in [0.25, 0.3) is 0 Å². The van der Waals surface area contributed by atoms with Crippen LogP contribution in [0.4, 0.5) is 0 Å². The normalized spacial score (nSPS) is 51.4. The van der Waals surface area contributed by atoms with Crippen molar-refractivity contribution in [3.05, 3.63) is 0 Å². The molecule has 128 valence electrons. The lowest BCUT2D eigenvalue weighted by Gasteiger charge is -2.67. The summed E-state index contributed by atoms with van der Waals surface area (Å²) in [5.41, 5.74) is -1.12. The van der Waals surface area contributed by atoms with Crippen molar-refractivity contribution in [2.75, 3.05) is 0 Å². The largest absolute Gasteiger partial charge is 0.237 e. The van der Waals surface area contributed by atoms with Crippen LogP contribution < -0.4 is 0 Å². The van der Waals surface area contributed by atoms with Gasteiger partial charge in [0.2, 0.25) is 11.6 Å². The highest BCUT2D eigenvalue weighted by molar-refractivity contribution is 5.20. The first-order valence-corrected chi connectivity index (χ1v) is 8.38. The Morgan fingerprint density at radius 1 is 0.652 bits per heavy atom. The second kappa shape index (κ2) is 3.76. The molecule has 0 aromatic rings. The van der Waals surface area contributed by atoms with Gasteiger partial charge < -0.3 is 0 Å². The first-order valence-electron chi connectivity index (χ1n) is 8.38. The first-order chi connectivity index (χ1) is 11.0. The van der Waals surface area contributed by atoms with Gasteiger partial charge in [-0.05, 0) is 12.8 Å². The molecule has 0 amide bonds. The molecule has 4 unspecified atom stereocenters. The summed E-state index contributed by atoms with van der Waals surface area (Å²) in [7, 11) is 0. The summed E-state index contributed by atoms with van der Waals surface area (Å²) < 4.78 is 0. The van der Waals surface area contributed by atoms with Crippen molar-refractivity contribution in [1.29, 1.82) is 0 Å². The fourth-order valence-electron chi connectivity index (χ4n) is 5.21. The van der Waals surface area contributed by atoms with Gasteiger partial charge in [0.05, 0.1) is 0 Å². The molecule has 8 nitrogen and oxygen atoms in total. The van der Waals surface area contributed by atoms with Crippen LogP contribution in [-0.4, -0.2) is 35.0 Å². The van der Waals surface area contributed by atoms with Crippen LogP contribution in [0.2, 0.25) is 0 Å². The van der Waals surface area contributed by atoms with Crippen molar-refractivity contribution < 1.29 is 39.1 Å². The van der Waals surface area contributed by atoms with E-state index in [0.29, 0.717) is 12.8 Å². The highest BCUT2D eigenvalue weighted by atomic mass is 17.4. The Morgan fingerprint density at radius 2 is 1.09 bits per heavy atom. The van der Waals surface area contributed by atoms with E-state index in [-0.39, 0.29) is 17.6 Å². The number of fused-ring (bicyclic) bond motifs is 2. The molecule has 23 heavy (non-hydrogen) atoms. The van der Waals surface area contributed by atoms with Gasteiger partial charge in [-0.1, -0.05) is 13.8 Å². The molecule has 4 saturated heterocycles. The molecular formula is C15H20O8. The minimum atomic E-state index is -0.450. The van der Waals surface area contributed by atoms with E-state index in [1.165, 1.54) is 0 Å². The molecule has 0 aromatic heterocycles. The summed E-state index contributed by atoms with van der Waals surface area (Å²) in [4.78, 5) is 43.1. The molecule has 4 heterocycles. The molecule has 2 aliphatic carbocycles. The van der Waals surface area contributed by atoms with Gasteiger partial charge in [0.15, 0.2) is 0 Å². The van der Waals surface area contributed by atoms with Gasteiger partial charge in [-0.25, -0.2) is 19.6 Å². The van der Waals surface area contributed by atoms with E-state index in [1.54, 1.807) is 0 Å². The molecule has 8 heteroatoms. The van der Waals surface area contributed by atoms with E-state index in [4.69, 9.17) is 39.1 Å². The van der Waals surface area contributed by atoms with E-state index in [9.17, 15) is 0 Å². The Morgan fingerprint density at radius 3 is 1.35 bits per heavy atom. The van der Waals surface area contributed by atoms with Crippen LogP contribution in [0, 0.1) is 5.41 Å². The Labute approximate surface area is 132 Å².